The average molecular weight is 120 g/mol. The van der Waals surface area contributed by atoms with E-state index < -0.39 is 0 Å². The Hall–Kier alpha value is 0.597. The summed E-state index contributed by atoms with van der Waals surface area (Å²) in [5.74, 6) is 0. The van der Waals surface area contributed by atoms with E-state index in [0.29, 0.717) is 0 Å². The Kier molecular flexibility index (Phi) is 7.16. The summed E-state index contributed by atoms with van der Waals surface area (Å²) in [5, 5.41) is 0. The molecular weight excluding hydrogens is 103 g/mol. The van der Waals surface area contributed by atoms with Crippen LogP contribution in [-0.2, 0) is 0 Å². The van der Waals surface area contributed by atoms with Gasteiger partial charge in [0.15, 0.2) is 0 Å². The maximum atomic E-state index is 2.34. The van der Waals surface area contributed by atoms with E-state index in [1.165, 1.54) is 32.1 Å². The number of rotatable bonds is 5. The molecular formula is C8H17Li. The molecule has 1 atom stereocenters. The Balaban J connectivity index is 2.88. The van der Waals surface area contributed by atoms with Gasteiger partial charge in [-0.05, 0) is 0 Å². The monoisotopic (exact) mass is 120 g/mol. The molecule has 0 spiro atoms. The number of unbranched alkanes of at least 4 members (excludes halogenated alkanes) is 2. The minimum atomic E-state index is 0.955. The Morgan fingerprint density at radius 1 is 1.22 bits per heavy atom. The molecule has 0 fully saturated rings. The molecule has 0 aliphatic carbocycles. The van der Waals surface area contributed by atoms with Crippen molar-refractivity contribution in [3.63, 3.8) is 0 Å². The van der Waals surface area contributed by atoms with Crippen LogP contribution in [0.1, 0.15) is 46.0 Å². The van der Waals surface area contributed by atoms with E-state index in [1.807, 2.05) is 0 Å². The zero-order valence-electron chi connectivity index (χ0n) is 7.11. The van der Waals surface area contributed by atoms with Gasteiger partial charge in [-0.2, -0.15) is 0 Å². The molecule has 50 valence electrons. The predicted octanol–water partition coefficient (Wildman–Crippen LogP) is 2.93. The van der Waals surface area contributed by atoms with Gasteiger partial charge in [-0.15, -0.1) is 0 Å². The van der Waals surface area contributed by atoms with Crippen LogP contribution >= 0.6 is 0 Å². The van der Waals surface area contributed by atoms with Crippen LogP contribution in [-0.4, -0.2) is 17.7 Å². The van der Waals surface area contributed by atoms with Crippen molar-refractivity contribution in [1.29, 1.82) is 0 Å². The molecule has 1 heteroatoms. The fourth-order valence-electron chi connectivity index (χ4n) is 0.947. The molecule has 0 amide bonds. The second-order valence-electron chi connectivity index (χ2n) is 3.01. The van der Waals surface area contributed by atoms with Gasteiger partial charge < -0.3 is 0 Å². The van der Waals surface area contributed by atoms with Gasteiger partial charge in [0.1, 0.15) is 0 Å². The second kappa shape index (κ2) is 6.71. The van der Waals surface area contributed by atoms with Crippen molar-refractivity contribution < 1.29 is 0 Å². The fraction of sp³-hybridized carbons (Fsp3) is 1.00. The zero-order chi connectivity index (χ0) is 7.11. The minimum absolute atomic E-state index is 0.955. The van der Waals surface area contributed by atoms with E-state index in [1.54, 1.807) is 0 Å². The summed E-state index contributed by atoms with van der Waals surface area (Å²) in [6.07, 6.45) is 7.00. The van der Waals surface area contributed by atoms with Crippen LogP contribution in [0.5, 0.6) is 0 Å². The van der Waals surface area contributed by atoms with Crippen molar-refractivity contribution in [3.05, 3.63) is 0 Å². The predicted molar refractivity (Wildman–Crippen MR) is 43.9 cm³/mol. The first-order chi connectivity index (χ1) is 4.31. The van der Waals surface area contributed by atoms with E-state index in [-0.39, 0.29) is 0 Å². The van der Waals surface area contributed by atoms with Gasteiger partial charge >= 0.3 is 68.3 Å². The van der Waals surface area contributed by atoms with Crippen molar-refractivity contribution in [2.75, 3.05) is 0 Å². The van der Waals surface area contributed by atoms with Gasteiger partial charge in [-0.1, -0.05) is 0 Å². The molecule has 1 unspecified atom stereocenters. The molecule has 0 rings (SSSR count). The summed E-state index contributed by atoms with van der Waals surface area (Å²) in [7, 11) is 0. The zero-order valence-corrected chi connectivity index (χ0v) is 7.11. The molecule has 0 aliphatic heterocycles. The van der Waals surface area contributed by atoms with Gasteiger partial charge in [-0.3, -0.25) is 0 Å². The number of hydrogen-bond acceptors (Lipinski definition) is 0. The number of hydrogen-bond donors (Lipinski definition) is 0. The first-order valence-electron chi connectivity index (χ1n) is 4.31. The van der Waals surface area contributed by atoms with Crippen LogP contribution in [0.2, 0.25) is 4.59 Å². The summed E-state index contributed by atoms with van der Waals surface area (Å²) in [5.41, 5.74) is 0. The van der Waals surface area contributed by atoms with E-state index in [9.17, 15) is 0 Å². The Bertz CT molecular complexity index is 52.5. The van der Waals surface area contributed by atoms with Crippen molar-refractivity contribution in [1.82, 2.24) is 0 Å². The molecule has 0 nitrogen and oxygen atoms in total. The van der Waals surface area contributed by atoms with Crippen molar-refractivity contribution in [2.24, 2.45) is 0 Å². The third-order valence-corrected chi connectivity index (χ3v) is 2.00. The summed E-state index contributed by atoms with van der Waals surface area (Å²) in [4.78, 5) is 0. The summed E-state index contributed by atoms with van der Waals surface area (Å²) >= 11 is 2.34. The Labute approximate surface area is 68.6 Å². The summed E-state index contributed by atoms with van der Waals surface area (Å²) in [6.45, 7) is 4.53. The van der Waals surface area contributed by atoms with Crippen molar-refractivity contribution in [3.8, 4) is 0 Å². The van der Waals surface area contributed by atoms with Crippen molar-refractivity contribution >= 4 is 17.7 Å². The molecule has 0 aromatic heterocycles. The van der Waals surface area contributed by atoms with Gasteiger partial charge in [0.25, 0.3) is 0 Å². The van der Waals surface area contributed by atoms with E-state index in [2.05, 4.69) is 31.6 Å². The first-order valence-corrected chi connectivity index (χ1v) is 4.31. The molecule has 0 bridgehead atoms. The molecule has 0 N–H and O–H groups in total. The normalized spacial score (nSPS) is 13.8. The SMILES string of the molecule is [Li][CH](CC)CCCCC. The first kappa shape index (κ1) is 9.60. The molecule has 0 aliphatic rings. The topological polar surface area (TPSA) is 0 Å². The molecule has 0 heterocycles. The third kappa shape index (κ3) is 6.48. The van der Waals surface area contributed by atoms with Crippen LogP contribution in [0.15, 0.2) is 0 Å². The van der Waals surface area contributed by atoms with Crippen molar-refractivity contribution in [2.45, 2.75) is 50.5 Å². The summed E-state index contributed by atoms with van der Waals surface area (Å²) < 4.78 is 0.955. The van der Waals surface area contributed by atoms with E-state index >= 15 is 0 Å². The molecule has 0 saturated heterocycles. The van der Waals surface area contributed by atoms with Gasteiger partial charge in [0, 0.05) is 0 Å². The molecule has 0 radical (unpaired) electrons. The third-order valence-electron chi connectivity index (χ3n) is 2.00. The van der Waals surface area contributed by atoms with Crippen LogP contribution in [0.4, 0.5) is 0 Å². The standard InChI is InChI=1S/C8H17.Li/c1-3-5-7-8-6-4-2;/h5H,3-4,6-8H2,1-2H3;. The molecule has 0 aromatic carbocycles. The van der Waals surface area contributed by atoms with Crippen LogP contribution in [0.3, 0.4) is 0 Å². The molecule has 9 heavy (non-hydrogen) atoms. The summed E-state index contributed by atoms with van der Waals surface area (Å²) in [6, 6.07) is 0. The van der Waals surface area contributed by atoms with E-state index in [4.69, 9.17) is 0 Å². The second-order valence-corrected chi connectivity index (χ2v) is 3.01. The Morgan fingerprint density at radius 3 is 2.33 bits per heavy atom. The van der Waals surface area contributed by atoms with Crippen LogP contribution in [0, 0.1) is 0 Å². The Morgan fingerprint density at radius 2 is 1.89 bits per heavy atom. The van der Waals surface area contributed by atoms with Crippen LogP contribution in [0.25, 0.3) is 0 Å². The average Bonchev–Trinajstić information content (AvgIpc) is 1.89. The molecule has 0 aromatic rings. The van der Waals surface area contributed by atoms with E-state index in [0.717, 1.165) is 4.59 Å². The van der Waals surface area contributed by atoms with Gasteiger partial charge in [0.2, 0.25) is 0 Å². The van der Waals surface area contributed by atoms with Gasteiger partial charge in [0.05, 0.1) is 0 Å². The maximum absolute atomic E-state index is 2.34. The molecule has 0 saturated carbocycles. The van der Waals surface area contributed by atoms with Crippen LogP contribution < -0.4 is 0 Å². The quantitative estimate of drug-likeness (QED) is 0.386. The fourth-order valence-corrected chi connectivity index (χ4v) is 0.947. The van der Waals surface area contributed by atoms with Gasteiger partial charge in [-0.25, -0.2) is 0 Å².